The van der Waals surface area contributed by atoms with Crippen LogP contribution in [0.1, 0.15) is 15.9 Å². The molecule has 2 heterocycles. The van der Waals surface area contributed by atoms with E-state index < -0.39 is 5.97 Å². The Balaban J connectivity index is 2.81. The first-order valence-corrected chi connectivity index (χ1v) is 4.13. The highest BCUT2D eigenvalue weighted by Gasteiger charge is 2.09. The molecule has 2 aromatic heterocycles. The molecule has 14 heavy (non-hydrogen) atoms. The number of rotatable bonds is 1. The van der Waals surface area contributed by atoms with Gasteiger partial charge in [0.05, 0.1) is 17.3 Å². The quantitative estimate of drug-likeness (QED) is 0.738. The molecule has 4 nitrogen and oxygen atoms in total. The maximum Gasteiger partial charge on any atom is 0.337 e. The number of carbonyl (C=O) groups is 1. The Kier molecular flexibility index (Phi) is 1.89. The summed E-state index contributed by atoms with van der Waals surface area (Å²) >= 11 is 0. The van der Waals surface area contributed by atoms with Crippen LogP contribution in [0.4, 0.5) is 0 Å². The van der Waals surface area contributed by atoms with Gasteiger partial charge in [-0.2, -0.15) is 0 Å². The van der Waals surface area contributed by atoms with Gasteiger partial charge in [-0.15, -0.1) is 0 Å². The van der Waals surface area contributed by atoms with Gasteiger partial charge < -0.3 is 5.11 Å². The van der Waals surface area contributed by atoms with E-state index >= 15 is 0 Å². The molecule has 2 aromatic rings. The summed E-state index contributed by atoms with van der Waals surface area (Å²) in [6.45, 7) is 1.77. The lowest BCUT2D eigenvalue weighted by Gasteiger charge is -2.03. The predicted octanol–water partition coefficient (Wildman–Crippen LogP) is 1.64. The van der Waals surface area contributed by atoms with E-state index in [0.29, 0.717) is 0 Å². The zero-order valence-corrected chi connectivity index (χ0v) is 7.56. The monoisotopic (exact) mass is 188 g/mol. The van der Waals surface area contributed by atoms with Crippen LogP contribution in [0.3, 0.4) is 0 Å². The van der Waals surface area contributed by atoms with Crippen molar-refractivity contribution in [2.24, 2.45) is 0 Å². The van der Waals surface area contributed by atoms with Crippen molar-refractivity contribution in [1.82, 2.24) is 9.97 Å². The number of pyridine rings is 2. The van der Waals surface area contributed by atoms with Crippen molar-refractivity contribution in [3.05, 3.63) is 35.8 Å². The number of carboxylic acid groups (broad SMARTS) is 1. The minimum absolute atomic E-state index is 0.240. The summed E-state index contributed by atoms with van der Waals surface area (Å²) in [6.07, 6.45) is 4.61. The molecule has 0 aliphatic rings. The number of aromatic carboxylic acids is 1. The molecule has 1 N–H and O–H groups in total. The summed E-state index contributed by atoms with van der Waals surface area (Å²) in [7, 11) is 0. The van der Waals surface area contributed by atoms with Gasteiger partial charge in [-0.1, -0.05) is 0 Å². The topological polar surface area (TPSA) is 63.1 Å². The first kappa shape index (κ1) is 8.62. The molecule has 0 unspecified atom stereocenters. The van der Waals surface area contributed by atoms with Gasteiger partial charge in [-0.05, 0) is 18.6 Å². The van der Waals surface area contributed by atoms with E-state index in [-0.39, 0.29) is 5.56 Å². The van der Waals surface area contributed by atoms with Crippen molar-refractivity contribution in [2.75, 3.05) is 0 Å². The molecule has 0 aliphatic heterocycles. The van der Waals surface area contributed by atoms with E-state index in [2.05, 4.69) is 9.97 Å². The number of nitrogens with zero attached hydrogens (tertiary/aromatic N) is 2. The van der Waals surface area contributed by atoms with Gasteiger partial charge in [0.2, 0.25) is 0 Å². The lowest BCUT2D eigenvalue weighted by atomic mass is 10.1. The maximum absolute atomic E-state index is 10.8. The van der Waals surface area contributed by atoms with Gasteiger partial charge in [0.25, 0.3) is 0 Å². The van der Waals surface area contributed by atoms with Gasteiger partial charge in [0, 0.05) is 17.8 Å². The van der Waals surface area contributed by atoms with Crippen molar-refractivity contribution >= 4 is 16.9 Å². The van der Waals surface area contributed by atoms with Crippen LogP contribution in [0.2, 0.25) is 0 Å². The summed E-state index contributed by atoms with van der Waals surface area (Å²) in [6, 6.07) is 1.77. The Hall–Kier alpha value is -1.97. The number of fused-ring (bicyclic) bond motifs is 1. The number of aryl methyl sites for hydroxylation is 1. The smallest absolute Gasteiger partial charge is 0.337 e. The van der Waals surface area contributed by atoms with Crippen molar-refractivity contribution in [2.45, 2.75) is 6.92 Å². The second-order valence-electron chi connectivity index (χ2n) is 2.99. The molecular formula is C10H8N2O2. The van der Waals surface area contributed by atoms with Crippen LogP contribution in [0, 0.1) is 6.92 Å². The zero-order chi connectivity index (χ0) is 10.1. The highest BCUT2D eigenvalue weighted by molar-refractivity contribution is 5.95. The first-order chi connectivity index (χ1) is 6.70. The van der Waals surface area contributed by atoms with Crippen LogP contribution in [-0.4, -0.2) is 21.0 Å². The molecule has 0 spiro atoms. The van der Waals surface area contributed by atoms with E-state index in [1.807, 2.05) is 0 Å². The molecule has 0 amide bonds. The van der Waals surface area contributed by atoms with Crippen molar-refractivity contribution in [1.29, 1.82) is 0 Å². The van der Waals surface area contributed by atoms with Crippen LogP contribution >= 0.6 is 0 Å². The Bertz CT molecular complexity index is 508. The molecule has 0 atom stereocenters. The molecule has 0 bridgehead atoms. The average molecular weight is 188 g/mol. The lowest BCUT2D eigenvalue weighted by Crippen LogP contribution is -2.01. The molecule has 0 aromatic carbocycles. The average Bonchev–Trinajstić information content (AvgIpc) is 2.18. The summed E-state index contributed by atoms with van der Waals surface area (Å²) in [5.41, 5.74) is 1.68. The molecule has 0 fully saturated rings. The van der Waals surface area contributed by atoms with Gasteiger partial charge in [0.15, 0.2) is 0 Å². The number of carboxylic acids is 1. The van der Waals surface area contributed by atoms with Crippen LogP contribution in [-0.2, 0) is 0 Å². The zero-order valence-electron chi connectivity index (χ0n) is 7.56. The summed E-state index contributed by atoms with van der Waals surface area (Å²) in [5, 5.41) is 9.70. The van der Waals surface area contributed by atoms with Crippen molar-refractivity contribution in [3.8, 4) is 0 Å². The van der Waals surface area contributed by atoms with Crippen molar-refractivity contribution < 1.29 is 9.90 Å². The number of hydrogen-bond donors (Lipinski definition) is 1. The molecule has 2 rings (SSSR count). The standard InChI is InChI=1S/C10H8N2O2/c1-6-7-2-3-11-5-9(7)12-4-8(6)10(13)14/h2-5H,1H3,(H,13,14). The predicted molar refractivity (Wildman–Crippen MR) is 51.2 cm³/mol. The molecule has 70 valence electrons. The Morgan fingerprint density at radius 2 is 2.21 bits per heavy atom. The molecular weight excluding hydrogens is 180 g/mol. The van der Waals surface area contributed by atoms with Gasteiger partial charge >= 0.3 is 5.97 Å². The van der Waals surface area contributed by atoms with Gasteiger partial charge in [-0.25, -0.2) is 4.79 Å². The van der Waals surface area contributed by atoms with E-state index in [4.69, 9.17) is 5.11 Å². The van der Waals surface area contributed by atoms with Gasteiger partial charge in [-0.3, -0.25) is 9.97 Å². The normalized spacial score (nSPS) is 10.4. The molecule has 4 heteroatoms. The second-order valence-corrected chi connectivity index (χ2v) is 2.99. The van der Waals surface area contributed by atoms with Crippen LogP contribution in [0.15, 0.2) is 24.7 Å². The maximum atomic E-state index is 10.8. The fraction of sp³-hybridized carbons (Fsp3) is 0.100. The highest BCUT2D eigenvalue weighted by Crippen LogP contribution is 2.18. The van der Waals surface area contributed by atoms with E-state index in [1.165, 1.54) is 6.20 Å². The summed E-state index contributed by atoms with van der Waals surface area (Å²) in [5.74, 6) is -0.950. The Morgan fingerprint density at radius 1 is 1.43 bits per heavy atom. The van der Waals surface area contributed by atoms with E-state index in [0.717, 1.165) is 16.5 Å². The fourth-order valence-electron chi connectivity index (χ4n) is 1.40. The molecule has 0 saturated carbocycles. The number of aromatic nitrogens is 2. The third kappa shape index (κ3) is 1.21. The summed E-state index contributed by atoms with van der Waals surface area (Å²) in [4.78, 5) is 18.7. The third-order valence-corrected chi connectivity index (χ3v) is 2.17. The van der Waals surface area contributed by atoms with Crippen molar-refractivity contribution in [3.63, 3.8) is 0 Å². The second kappa shape index (κ2) is 3.06. The lowest BCUT2D eigenvalue weighted by molar-refractivity contribution is 0.0696. The Labute approximate surface area is 80.2 Å². The minimum atomic E-state index is -0.950. The molecule has 0 saturated heterocycles. The highest BCUT2D eigenvalue weighted by atomic mass is 16.4. The number of hydrogen-bond acceptors (Lipinski definition) is 3. The van der Waals surface area contributed by atoms with E-state index in [1.54, 1.807) is 25.4 Å². The summed E-state index contributed by atoms with van der Waals surface area (Å²) < 4.78 is 0. The minimum Gasteiger partial charge on any atom is -0.478 e. The van der Waals surface area contributed by atoms with Gasteiger partial charge in [0.1, 0.15) is 0 Å². The fourth-order valence-corrected chi connectivity index (χ4v) is 1.40. The van der Waals surface area contributed by atoms with Crippen LogP contribution in [0.25, 0.3) is 10.9 Å². The third-order valence-electron chi connectivity index (χ3n) is 2.17. The first-order valence-electron chi connectivity index (χ1n) is 4.13. The SMILES string of the molecule is Cc1c(C(=O)O)cnc2cnccc12. The molecule has 0 aliphatic carbocycles. The Morgan fingerprint density at radius 3 is 2.93 bits per heavy atom. The largest absolute Gasteiger partial charge is 0.478 e. The van der Waals surface area contributed by atoms with E-state index in [9.17, 15) is 4.79 Å². The van der Waals surface area contributed by atoms with Crippen LogP contribution in [0.5, 0.6) is 0 Å². The van der Waals surface area contributed by atoms with Crippen LogP contribution < -0.4 is 0 Å². The molecule has 0 radical (unpaired) electrons.